The van der Waals surface area contributed by atoms with E-state index in [4.69, 9.17) is 0 Å². The molecule has 112 valence electrons. The van der Waals surface area contributed by atoms with Gasteiger partial charge in [0.15, 0.2) is 5.65 Å². The summed E-state index contributed by atoms with van der Waals surface area (Å²) in [6, 6.07) is 11.1. The first-order valence-corrected chi connectivity index (χ1v) is 6.95. The van der Waals surface area contributed by atoms with E-state index in [1.54, 1.807) is 22.8 Å². The summed E-state index contributed by atoms with van der Waals surface area (Å²) in [4.78, 5) is 18.7. The van der Waals surface area contributed by atoms with Crippen molar-refractivity contribution >= 4 is 22.9 Å². The summed E-state index contributed by atoms with van der Waals surface area (Å²) in [5.41, 5.74) is 3.72. The molecule has 0 spiro atoms. The molecule has 6 heteroatoms. The van der Waals surface area contributed by atoms with Crippen LogP contribution in [0.4, 0.5) is 11.4 Å². The lowest BCUT2D eigenvalue weighted by Gasteiger charge is -2.13. The lowest BCUT2D eigenvalue weighted by atomic mass is 10.2. The van der Waals surface area contributed by atoms with Crippen molar-refractivity contribution in [3.63, 3.8) is 0 Å². The van der Waals surface area contributed by atoms with Gasteiger partial charge in [-0.25, -0.2) is 9.50 Å². The first-order chi connectivity index (χ1) is 10.5. The van der Waals surface area contributed by atoms with Crippen LogP contribution in [0.1, 0.15) is 16.2 Å². The minimum absolute atomic E-state index is 0.232. The van der Waals surface area contributed by atoms with Crippen molar-refractivity contribution < 1.29 is 4.79 Å². The molecule has 6 nitrogen and oxygen atoms in total. The molecule has 0 aliphatic heterocycles. The van der Waals surface area contributed by atoms with Crippen LogP contribution in [0, 0.1) is 6.92 Å². The second-order valence-corrected chi connectivity index (χ2v) is 5.28. The molecule has 0 saturated carbocycles. The zero-order valence-electron chi connectivity index (χ0n) is 12.7. The number of amides is 1. The Balaban J connectivity index is 1.83. The van der Waals surface area contributed by atoms with Gasteiger partial charge in [-0.15, -0.1) is 0 Å². The van der Waals surface area contributed by atoms with Crippen LogP contribution in [0.15, 0.2) is 42.6 Å². The second-order valence-electron chi connectivity index (χ2n) is 5.28. The number of carbonyl (C=O) groups is 1. The quantitative estimate of drug-likeness (QED) is 0.805. The minimum Gasteiger partial charge on any atom is -0.378 e. The molecule has 1 N–H and O–H groups in total. The fourth-order valence-electron chi connectivity index (χ4n) is 2.22. The molecule has 3 rings (SSSR count). The number of benzene rings is 1. The standard InChI is InChI=1S/C16H17N5O/c1-11-10-14(19-15-8-9-17-21(11)15)16(22)18-12-4-6-13(7-5-12)20(2)3/h4-10H,1-3H3,(H,18,22). The van der Waals surface area contributed by atoms with Crippen LogP contribution in [0.3, 0.4) is 0 Å². The molecule has 1 aromatic carbocycles. The van der Waals surface area contributed by atoms with Gasteiger partial charge in [-0.3, -0.25) is 4.79 Å². The Kier molecular flexibility index (Phi) is 3.50. The van der Waals surface area contributed by atoms with Crippen LogP contribution in [-0.2, 0) is 0 Å². The Morgan fingerprint density at radius 2 is 1.91 bits per heavy atom. The summed E-state index contributed by atoms with van der Waals surface area (Å²) < 4.78 is 1.70. The highest BCUT2D eigenvalue weighted by Crippen LogP contribution is 2.16. The van der Waals surface area contributed by atoms with Crippen LogP contribution in [0.5, 0.6) is 0 Å². The predicted molar refractivity (Wildman–Crippen MR) is 86.4 cm³/mol. The van der Waals surface area contributed by atoms with Gasteiger partial charge in [0.05, 0.1) is 6.20 Å². The number of fused-ring (bicyclic) bond motifs is 1. The average Bonchev–Trinajstić information content (AvgIpc) is 2.96. The number of nitrogens with zero attached hydrogens (tertiary/aromatic N) is 4. The van der Waals surface area contributed by atoms with Crippen molar-refractivity contribution in [1.29, 1.82) is 0 Å². The van der Waals surface area contributed by atoms with Gasteiger partial charge in [-0.1, -0.05) is 0 Å². The van der Waals surface area contributed by atoms with Crippen LogP contribution in [-0.4, -0.2) is 34.6 Å². The fourth-order valence-corrected chi connectivity index (χ4v) is 2.22. The molecular formula is C16H17N5O. The van der Waals surface area contributed by atoms with E-state index in [-0.39, 0.29) is 5.91 Å². The maximum absolute atomic E-state index is 12.3. The minimum atomic E-state index is -0.232. The van der Waals surface area contributed by atoms with Gasteiger partial charge in [0, 0.05) is 37.2 Å². The third-order valence-electron chi connectivity index (χ3n) is 3.41. The predicted octanol–water partition coefficient (Wildman–Crippen LogP) is 2.36. The van der Waals surface area contributed by atoms with Crippen molar-refractivity contribution in [2.75, 3.05) is 24.3 Å². The van der Waals surface area contributed by atoms with Gasteiger partial charge in [0.25, 0.3) is 5.91 Å². The normalized spacial score (nSPS) is 10.7. The number of nitrogens with one attached hydrogen (secondary N) is 1. The van der Waals surface area contributed by atoms with E-state index < -0.39 is 0 Å². The van der Waals surface area contributed by atoms with Crippen molar-refractivity contribution in [2.45, 2.75) is 6.92 Å². The van der Waals surface area contributed by atoms with E-state index in [9.17, 15) is 4.79 Å². The average molecular weight is 295 g/mol. The zero-order chi connectivity index (χ0) is 15.7. The van der Waals surface area contributed by atoms with Gasteiger partial charge in [0.1, 0.15) is 5.69 Å². The molecule has 0 atom stereocenters. The Hall–Kier alpha value is -2.89. The number of aryl methyl sites for hydroxylation is 1. The summed E-state index contributed by atoms with van der Waals surface area (Å²) in [6.07, 6.45) is 1.66. The maximum Gasteiger partial charge on any atom is 0.274 e. The molecular weight excluding hydrogens is 278 g/mol. The van der Waals surface area contributed by atoms with E-state index in [0.717, 1.165) is 17.1 Å². The number of hydrogen-bond donors (Lipinski definition) is 1. The van der Waals surface area contributed by atoms with E-state index in [0.29, 0.717) is 11.3 Å². The maximum atomic E-state index is 12.3. The molecule has 0 aliphatic rings. The smallest absolute Gasteiger partial charge is 0.274 e. The Morgan fingerprint density at radius 1 is 1.18 bits per heavy atom. The molecule has 0 radical (unpaired) electrons. The van der Waals surface area contributed by atoms with Crippen LogP contribution in [0.25, 0.3) is 5.65 Å². The van der Waals surface area contributed by atoms with Gasteiger partial charge in [-0.05, 0) is 37.3 Å². The Bertz CT molecular complexity index is 820. The Morgan fingerprint density at radius 3 is 2.59 bits per heavy atom. The summed E-state index contributed by atoms with van der Waals surface area (Å²) in [7, 11) is 3.95. The Labute approximate surface area is 128 Å². The summed E-state index contributed by atoms with van der Waals surface area (Å²) in [5.74, 6) is -0.232. The number of carbonyl (C=O) groups excluding carboxylic acids is 1. The SMILES string of the molecule is Cc1cc(C(=O)Nc2ccc(N(C)C)cc2)nc2ccnn12. The van der Waals surface area contributed by atoms with Gasteiger partial charge < -0.3 is 10.2 Å². The van der Waals surface area contributed by atoms with E-state index in [1.807, 2.05) is 50.2 Å². The fraction of sp³-hybridized carbons (Fsp3) is 0.188. The lowest BCUT2D eigenvalue weighted by Crippen LogP contribution is -2.15. The molecule has 0 bridgehead atoms. The second kappa shape index (κ2) is 5.48. The molecule has 1 amide bonds. The number of aromatic nitrogens is 3. The highest BCUT2D eigenvalue weighted by atomic mass is 16.1. The van der Waals surface area contributed by atoms with Gasteiger partial charge in [0.2, 0.25) is 0 Å². The lowest BCUT2D eigenvalue weighted by molar-refractivity contribution is 0.102. The van der Waals surface area contributed by atoms with Crippen molar-refractivity contribution in [3.05, 3.63) is 54.0 Å². The van der Waals surface area contributed by atoms with E-state index in [1.165, 1.54) is 0 Å². The highest BCUT2D eigenvalue weighted by Gasteiger charge is 2.11. The summed E-state index contributed by atoms with van der Waals surface area (Å²) >= 11 is 0. The van der Waals surface area contributed by atoms with Gasteiger partial charge >= 0.3 is 0 Å². The molecule has 22 heavy (non-hydrogen) atoms. The van der Waals surface area contributed by atoms with Gasteiger partial charge in [-0.2, -0.15) is 5.10 Å². The molecule has 3 aromatic rings. The van der Waals surface area contributed by atoms with Crippen molar-refractivity contribution in [1.82, 2.24) is 14.6 Å². The molecule has 2 aromatic heterocycles. The summed E-state index contributed by atoms with van der Waals surface area (Å²) in [6.45, 7) is 1.89. The van der Waals surface area contributed by atoms with E-state index >= 15 is 0 Å². The van der Waals surface area contributed by atoms with Crippen LogP contribution in [0.2, 0.25) is 0 Å². The molecule has 0 unspecified atom stereocenters. The number of hydrogen-bond acceptors (Lipinski definition) is 4. The molecule has 0 aliphatic carbocycles. The first kappa shape index (κ1) is 14.1. The third kappa shape index (κ3) is 2.63. The molecule has 0 fully saturated rings. The van der Waals surface area contributed by atoms with Crippen LogP contribution < -0.4 is 10.2 Å². The topological polar surface area (TPSA) is 62.5 Å². The molecule has 2 heterocycles. The third-order valence-corrected chi connectivity index (χ3v) is 3.41. The largest absolute Gasteiger partial charge is 0.378 e. The highest BCUT2D eigenvalue weighted by molar-refractivity contribution is 6.03. The zero-order valence-corrected chi connectivity index (χ0v) is 12.7. The summed E-state index contributed by atoms with van der Waals surface area (Å²) in [5, 5.41) is 7.01. The monoisotopic (exact) mass is 295 g/mol. The number of rotatable bonds is 3. The van der Waals surface area contributed by atoms with Crippen LogP contribution >= 0.6 is 0 Å². The van der Waals surface area contributed by atoms with E-state index in [2.05, 4.69) is 15.4 Å². The van der Waals surface area contributed by atoms with Crippen molar-refractivity contribution in [2.24, 2.45) is 0 Å². The van der Waals surface area contributed by atoms with Crippen molar-refractivity contribution in [3.8, 4) is 0 Å². The molecule has 0 saturated heterocycles. The number of anilines is 2. The first-order valence-electron chi connectivity index (χ1n) is 6.95.